The van der Waals surface area contributed by atoms with Gasteiger partial charge in [-0.3, -0.25) is 4.79 Å². The molecule has 9 heteroatoms. The Hall–Kier alpha value is -3.04. The molecule has 152 valence electrons. The first-order valence-corrected chi connectivity index (χ1v) is 11.2. The van der Waals surface area contributed by atoms with Crippen LogP contribution in [0.15, 0.2) is 65.3 Å². The molecule has 2 heterocycles. The summed E-state index contributed by atoms with van der Waals surface area (Å²) in [5.74, 6) is 0.0820. The van der Waals surface area contributed by atoms with Gasteiger partial charge in [0.05, 0.1) is 11.4 Å². The molecule has 0 aliphatic carbocycles. The van der Waals surface area contributed by atoms with Crippen molar-refractivity contribution in [3.8, 4) is 5.69 Å². The molecule has 2 aromatic heterocycles. The molecular weight excluding hydrogens is 416 g/mol. The average Bonchev–Trinajstić information content (AvgIpc) is 3.45. The fourth-order valence-corrected chi connectivity index (χ4v) is 4.35. The van der Waals surface area contributed by atoms with Gasteiger partial charge in [-0.1, -0.05) is 48.2 Å². The highest BCUT2D eigenvalue weighted by Gasteiger charge is 2.20. The van der Waals surface area contributed by atoms with Crippen molar-refractivity contribution in [3.63, 3.8) is 0 Å². The minimum absolute atomic E-state index is 0.112. The number of amides is 1. The van der Waals surface area contributed by atoms with Crippen molar-refractivity contribution in [2.24, 2.45) is 0 Å². The van der Waals surface area contributed by atoms with Gasteiger partial charge in [-0.2, -0.15) is 4.68 Å². The fourth-order valence-electron chi connectivity index (χ4n) is 2.93. The molecule has 30 heavy (non-hydrogen) atoms. The van der Waals surface area contributed by atoms with Crippen molar-refractivity contribution in [2.45, 2.75) is 25.0 Å². The van der Waals surface area contributed by atoms with Gasteiger partial charge in [-0.25, -0.2) is 4.98 Å². The first-order valence-electron chi connectivity index (χ1n) is 9.34. The maximum absolute atomic E-state index is 12.7. The number of nitrogens with one attached hydrogen (secondary N) is 1. The van der Waals surface area contributed by atoms with Gasteiger partial charge in [0.25, 0.3) is 0 Å². The van der Waals surface area contributed by atoms with Crippen LogP contribution in [0.5, 0.6) is 0 Å². The summed E-state index contributed by atoms with van der Waals surface area (Å²) in [7, 11) is 0. The van der Waals surface area contributed by atoms with Gasteiger partial charge in [-0.15, -0.1) is 16.4 Å². The van der Waals surface area contributed by atoms with Gasteiger partial charge >= 0.3 is 0 Å². The smallest absolute Gasteiger partial charge is 0.231 e. The fraction of sp³-hybridized carbons (Fsp3) is 0.190. The Kier molecular flexibility index (Phi) is 6.20. The zero-order valence-corrected chi connectivity index (χ0v) is 18.2. The number of tetrazole rings is 1. The zero-order valence-electron chi connectivity index (χ0n) is 16.5. The molecule has 0 radical (unpaired) electrons. The van der Waals surface area contributed by atoms with E-state index < -0.39 is 0 Å². The number of thioether (sulfide) groups is 1. The molecule has 2 aromatic carbocycles. The van der Waals surface area contributed by atoms with Crippen molar-refractivity contribution in [1.29, 1.82) is 0 Å². The van der Waals surface area contributed by atoms with Gasteiger partial charge < -0.3 is 5.32 Å². The minimum Gasteiger partial charge on any atom is -0.342 e. The number of benzene rings is 2. The van der Waals surface area contributed by atoms with Crippen molar-refractivity contribution in [3.05, 3.63) is 81.8 Å². The number of hydrogen-bond acceptors (Lipinski definition) is 7. The monoisotopic (exact) mass is 436 g/mol. The van der Waals surface area contributed by atoms with Crippen LogP contribution in [0.25, 0.3) is 5.69 Å². The maximum atomic E-state index is 12.7. The average molecular weight is 437 g/mol. The zero-order chi connectivity index (χ0) is 20.9. The van der Waals surface area contributed by atoms with E-state index in [1.54, 1.807) is 10.9 Å². The van der Waals surface area contributed by atoms with Gasteiger partial charge in [0.2, 0.25) is 11.1 Å². The van der Waals surface area contributed by atoms with E-state index in [-0.39, 0.29) is 17.7 Å². The van der Waals surface area contributed by atoms with E-state index in [0.717, 1.165) is 21.8 Å². The first kappa shape index (κ1) is 20.2. The molecule has 0 spiro atoms. The SMILES string of the molecule is Cc1ccc(-n2nnnc2SCC(=O)NC(c2ccccc2)c2nccs2)cc1C. The molecule has 1 N–H and O–H groups in total. The molecule has 0 aliphatic heterocycles. The molecule has 0 saturated carbocycles. The van der Waals surface area contributed by atoms with E-state index in [0.29, 0.717) is 5.16 Å². The molecular formula is C21H20N6OS2. The normalized spacial score (nSPS) is 11.9. The van der Waals surface area contributed by atoms with Gasteiger partial charge in [0.15, 0.2) is 0 Å². The summed E-state index contributed by atoms with van der Waals surface area (Å²) in [4.78, 5) is 17.1. The Morgan fingerprint density at radius 3 is 2.73 bits per heavy atom. The predicted octanol–water partition coefficient (Wildman–Crippen LogP) is 3.73. The summed E-state index contributed by atoms with van der Waals surface area (Å²) in [6.45, 7) is 4.11. The van der Waals surface area contributed by atoms with Gasteiger partial charge in [0, 0.05) is 11.6 Å². The molecule has 1 atom stereocenters. The van der Waals surface area contributed by atoms with E-state index in [4.69, 9.17) is 0 Å². The molecule has 4 aromatic rings. The molecule has 0 bridgehead atoms. The Labute approximate surface area is 182 Å². The minimum atomic E-state index is -0.282. The van der Waals surface area contributed by atoms with Crippen molar-refractivity contribution in [2.75, 3.05) is 5.75 Å². The third kappa shape index (κ3) is 4.58. The van der Waals surface area contributed by atoms with E-state index in [1.165, 1.54) is 28.7 Å². The first-order chi connectivity index (χ1) is 14.6. The van der Waals surface area contributed by atoms with Crippen LogP contribution in [0, 0.1) is 13.8 Å². The standard InChI is InChI=1S/C21H20N6OS2/c1-14-8-9-17(12-15(14)2)27-21(24-25-26-27)30-13-18(28)23-19(20-22-10-11-29-20)16-6-4-3-5-7-16/h3-12,19H,13H2,1-2H3,(H,23,28). The molecule has 7 nitrogen and oxygen atoms in total. The molecule has 0 fully saturated rings. The number of aryl methyl sites for hydroxylation is 2. The lowest BCUT2D eigenvalue weighted by atomic mass is 10.1. The van der Waals surface area contributed by atoms with Crippen molar-refractivity contribution < 1.29 is 4.79 Å². The second-order valence-electron chi connectivity index (χ2n) is 6.71. The second kappa shape index (κ2) is 9.19. The van der Waals surface area contributed by atoms with Crippen LogP contribution in [-0.2, 0) is 4.79 Å². The number of nitrogens with zero attached hydrogens (tertiary/aromatic N) is 5. The van der Waals surface area contributed by atoms with E-state index >= 15 is 0 Å². The predicted molar refractivity (Wildman–Crippen MR) is 118 cm³/mol. The summed E-state index contributed by atoms with van der Waals surface area (Å²) in [5.41, 5.74) is 4.22. The van der Waals surface area contributed by atoms with Crippen LogP contribution in [0.3, 0.4) is 0 Å². The third-order valence-corrected chi connectivity index (χ3v) is 6.40. The Balaban J connectivity index is 1.46. The number of carbonyl (C=O) groups excluding carboxylic acids is 1. The Bertz CT molecular complexity index is 1130. The van der Waals surface area contributed by atoms with Crippen LogP contribution < -0.4 is 5.32 Å². The highest BCUT2D eigenvalue weighted by Crippen LogP contribution is 2.25. The van der Waals surface area contributed by atoms with Crippen molar-refractivity contribution in [1.82, 2.24) is 30.5 Å². The number of aromatic nitrogens is 5. The third-order valence-electron chi connectivity index (χ3n) is 4.64. The van der Waals surface area contributed by atoms with Gasteiger partial charge in [0.1, 0.15) is 11.0 Å². The summed E-state index contributed by atoms with van der Waals surface area (Å²) in [5, 5.41) is 18.3. The van der Waals surface area contributed by atoms with Crippen LogP contribution in [-0.4, -0.2) is 36.9 Å². The Morgan fingerprint density at radius 1 is 1.17 bits per heavy atom. The summed E-state index contributed by atoms with van der Waals surface area (Å²) >= 11 is 2.82. The lowest BCUT2D eigenvalue weighted by Gasteiger charge is -2.17. The molecule has 1 unspecified atom stereocenters. The number of rotatable bonds is 7. The molecule has 1 amide bonds. The van der Waals surface area contributed by atoms with E-state index in [9.17, 15) is 4.79 Å². The lowest BCUT2D eigenvalue weighted by molar-refractivity contribution is -0.119. The van der Waals surface area contributed by atoms with Crippen LogP contribution in [0.2, 0.25) is 0 Å². The highest BCUT2D eigenvalue weighted by molar-refractivity contribution is 7.99. The van der Waals surface area contributed by atoms with Gasteiger partial charge in [-0.05, 0) is 53.1 Å². The maximum Gasteiger partial charge on any atom is 0.231 e. The highest BCUT2D eigenvalue weighted by atomic mass is 32.2. The lowest BCUT2D eigenvalue weighted by Crippen LogP contribution is -2.30. The summed E-state index contributed by atoms with van der Waals surface area (Å²) in [6.07, 6.45) is 1.74. The Morgan fingerprint density at radius 2 is 2.00 bits per heavy atom. The summed E-state index contributed by atoms with van der Waals surface area (Å²) < 4.78 is 1.65. The number of hydrogen-bond donors (Lipinski definition) is 1. The largest absolute Gasteiger partial charge is 0.342 e. The van der Waals surface area contributed by atoms with Crippen molar-refractivity contribution >= 4 is 29.0 Å². The quantitative estimate of drug-likeness (QED) is 0.444. The van der Waals surface area contributed by atoms with Crippen LogP contribution in [0.4, 0.5) is 0 Å². The van der Waals surface area contributed by atoms with Crippen LogP contribution in [0.1, 0.15) is 27.7 Å². The van der Waals surface area contributed by atoms with E-state index in [2.05, 4.69) is 32.7 Å². The number of carbonyl (C=O) groups is 1. The van der Waals surface area contributed by atoms with E-state index in [1.807, 2.05) is 60.8 Å². The molecule has 4 rings (SSSR count). The number of thiazole rings is 1. The second-order valence-corrected chi connectivity index (χ2v) is 8.58. The van der Waals surface area contributed by atoms with Crippen LogP contribution >= 0.6 is 23.1 Å². The summed E-state index contributed by atoms with van der Waals surface area (Å²) in [6, 6.07) is 15.6. The topological polar surface area (TPSA) is 85.6 Å². The molecule has 0 saturated heterocycles. The molecule has 0 aliphatic rings.